The molecule has 94 valence electrons. The first-order chi connectivity index (χ1) is 8.06. The minimum Gasteiger partial charge on any atom is -0.372 e. The van der Waals surface area contributed by atoms with E-state index in [0.717, 1.165) is 13.1 Å². The highest BCUT2D eigenvalue weighted by Crippen LogP contribution is 2.23. The van der Waals surface area contributed by atoms with Crippen LogP contribution in [0.3, 0.4) is 0 Å². The van der Waals surface area contributed by atoms with Gasteiger partial charge in [0.15, 0.2) is 0 Å². The average molecular weight is 234 g/mol. The number of rotatable bonds is 2. The van der Waals surface area contributed by atoms with Crippen molar-refractivity contribution in [1.29, 1.82) is 0 Å². The number of hydrogen-bond acceptors (Lipinski definition) is 3. The van der Waals surface area contributed by atoms with E-state index in [0.29, 0.717) is 0 Å². The fourth-order valence-corrected chi connectivity index (χ4v) is 2.39. The van der Waals surface area contributed by atoms with Gasteiger partial charge < -0.3 is 15.4 Å². The van der Waals surface area contributed by atoms with Crippen molar-refractivity contribution in [2.75, 3.05) is 18.0 Å². The van der Waals surface area contributed by atoms with Crippen molar-refractivity contribution < 1.29 is 4.74 Å². The molecule has 1 heterocycles. The molecule has 1 aromatic rings. The smallest absolute Gasteiger partial charge is 0.0726 e. The maximum Gasteiger partial charge on any atom is 0.0726 e. The molecule has 2 N–H and O–H groups in total. The number of ether oxygens (including phenoxy) is 1. The van der Waals surface area contributed by atoms with Crippen LogP contribution in [0.2, 0.25) is 0 Å². The first kappa shape index (κ1) is 12.4. The Bertz CT molecular complexity index is 368. The molecule has 1 fully saturated rings. The van der Waals surface area contributed by atoms with Crippen LogP contribution in [0.1, 0.15) is 32.4 Å². The first-order valence-electron chi connectivity index (χ1n) is 6.32. The summed E-state index contributed by atoms with van der Waals surface area (Å²) in [6.45, 7) is 8.17. The van der Waals surface area contributed by atoms with E-state index < -0.39 is 0 Å². The number of hydrogen-bond donors (Lipinski definition) is 1. The second kappa shape index (κ2) is 5.07. The van der Waals surface area contributed by atoms with Crippen molar-refractivity contribution in [2.24, 2.45) is 5.73 Å². The van der Waals surface area contributed by atoms with Gasteiger partial charge in [0.25, 0.3) is 0 Å². The van der Waals surface area contributed by atoms with Crippen LogP contribution < -0.4 is 10.6 Å². The fourth-order valence-electron chi connectivity index (χ4n) is 2.39. The second-order valence-corrected chi connectivity index (χ2v) is 5.05. The van der Waals surface area contributed by atoms with Gasteiger partial charge in [0.05, 0.1) is 12.2 Å². The van der Waals surface area contributed by atoms with E-state index in [2.05, 4.69) is 43.0 Å². The van der Waals surface area contributed by atoms with Crippen LogP contribution in [0.25, 0.3) is 0 Å². The van der Waals surface area contributed by atoms with E-state index in [9.17, 15) is 0 Å². The highest BCUT2D eigenvalue weighted by Gasteiger charge is 2.22. The predicted octanol–water partition coefficient (Wildman–Crippen LogP) is 2.32. The van der Waals surface area contributed by atoms with Gasteiger partial charge in [-0.3, -0.25) is 0 Å². The predicted molar refractivity (Wildman–Crippen MR) is 71.3 cm³/mol. The molecule has 0 aliphatic carbocycles. The Morgan fingerprint density at radius 3 is 2.53 bits per heavy atom. The molecular formula is C14H22N2O. The molecule has 3 atom stereocenters. The Balaban J connectivity index is 2.18. The van der Waals surface area contributed by atoms with Crippen LogP contribution in [0.5, 0.6) is 0 Å². The molecule has 0 aromatic heterocycles. The summed E-state index contributed by atoms with van der Waals surface area (Å²) in [4.78, 5) is 2.38. The second-order valence-electron chi connectivity index (χ2n) is 5.05. The monoisotopic (exact) mass is 234 g/mol. The van der Waals surface area contributed by atoms with Crippen molar-refractivity contribution in [2.45, 2.75) is 39.0 Å². The van der Waals surface area contributed by atoms with Crippen LogP contribution >= 0.6 is 0 Å². The SMILES string of the molecule is CC1CN(c2cccc(C(C)N)c2)CC(C)O1. The third kappa shape index (κ3) is 2.99. The lowest BCUT2D eigenvalue weighted by Crippen LogP contribution is -2.45. The van der Waals surface area contributed by atoms with E-state index in [1.165, 1.54) is 11.3 Å². The van der Waals surface area contributed by atoms with Crippen molar-refractivity contribution >= 4 is 5.69 Å². The van der Waals surface area contributed by atoms with Crippen molar-refractivity contribution in [1.82, 2.24) is 0 Å². The van der Waals surface area contributed by atoms with Gasteiger partial charge in [0.2, 0.25) is 0 Å². The van der Waals surface area contributed by atoms with E-state index >= 15 is 0 Å². The van der Waals surface area contributed by atoms with Gasteiger partial charge in [-0.05, 0) is 38.5 Å². The van der Waals surface area contributed by atoms with Crippen LogP contribution in [-0.2, 0) is 4.74 Å². The zero-order valence-electron chi connectivity index (χ0n) is 10.9. The molecule has 0 amide bonds. The Labute approximate surface area is 104 Å². The van der Waals surface area contributed by atoms with Gasteiger partial charge in [-0.15, -0.1) is 0 Å². The van der Waals surface area contributed by atoms with Gasteiger partial charge >= 0.3 is 0 Å². The Morgan fingerprint density at radius 1 is 1.29 bits per heavy atom. The van der Waals surface area contributed by atoms with Gasteiger partial charge in [-0.25, -0.2) is 0 Å². The number of anilines is 1. The summed E-state index contributed by atoms with van der Waals surface area (Å²) < 4.78 is 5.75. The molecule has 0 saturated carbocycles. The van der Waals surface area contributed by atoms with Crippen molar-refractivity contribution in [3.8, 4) is 0 Å². The number of nitrogens with zero attached hydrogens (tertiary/aromatic N) is 1. The molecule has 1 aromatic carbocycles. The minimum atomic E-state index is 0.0887. The summed E-state index contributed by atoms with van der Waals surface area (Å²) in [6.07, 6.45) is 0.579. The molecule has 3 nitrogen and oxygen atoms in total. The maximum absolute atomic E-state index is 5.92. The normalized spacial score (nSPS) is 26.9. The molecule has 1 aliphatic heterocycles. The molecule has 0 bridgehead atoms. The van der Waals surface area contributed by atoms with E-state index in [1.54, 1.807) is 0 Å². The standard InChI is InChI=1S/C14H22N2O/c1-10-8-16(9-11(2)17-10)14-6-4-5-13(7-14)12(3)15/h4-7,10-12H,8-9,15H2,1-3H3. The van der Waals surface area contributed by atoms with Crippen molar-refractivity contribution in [3.63, 3.8) is 0 Å². The summed E-state index contributed by atoms with van der Waals surface area (Å²) in [5.41, 5.74) is 8.36. The van der Waals surface area contributed by atoms with Gasteiger partial charge in [0.1, 0.15) is 0 Å². The Hall–Kier alpha value is -1.06. The lowest BCUT2D eigenvalue weighted by Gasteiger charge is -2.37. The topological polar surface area (TPSA) is 38.5 Å². The summed E-state index contributed by atoms with van der Waals surface area (Å²) in [5, 5.41) is 0. The van der Waals surface area contributed by atoms with Crippen LogP contribution in [0.4, 0.5) is 5.69 Å². The molecule has 17 heavy (non-hydrogen) atoms. The molecule has 0 radical (unpaired) electrons. The molecule has 1 saturated heterocycles. The highest BCUT2D eigenvalue weighted by molar-refractivity contribution is 5.49. The summed E-state index contributed by atoms with van der Waals surface area (Å²) >= 11 is 0. The number of nitrogens with two attached hydrogens (primary N) is 1. The Kier molecular flexibility index (Phi) is 3.69. The van der Waals surface area contributed by atoms with E-state index in [1.807, 2.05) is 6.92 Å². The van der Waals surface area contributed by atoms with Crippen molar-refractivity contribution in [3.05, 3.63) is 29.8 Å². The lowest BCUT2D eigenvalue weighted by molar-refractivity contribution is -0.00522. The molecular weight excluding hydrogens is 212 g/mol. The van der Waals surface area contributed by atoms with Gasteiger partial charge in [0, 0.05) is 24.8 Å². The summed E-state index contributed by atoms with van der Waals surface area (Å²) in [6, 6.07) is 8.60. The third-order valence-corrected chi connectivity index (χ3v) is 3.18. The molecule has 1 aliphatic rings. The minimum absolute atomic E-state index is 0.0887. The van der Waals surface area contributed by atoms with E-state index in [4.69, 9.17) is 10.5 Å². The molecule has 2 rings (SSSR count). The number of morpholine rings is 1. The van der Waals surface area contributed by atoms with Crippen LogP contribution in [0, 0.1) is 0 Å². The van der Waals surface area contributed by atoms with Gasteiger partial charge in [-0.2, -0.15) is 0 Å². The third-order valence-electron chi connectivity index (χ3n) is 3.18. The molecule has 3 unspecified atom stereocenters. The van der Waals surface area contributed by atoms with E-state index in [-0.39, 0.29) is 18.2 Å². The first-order valence-corrected chi connectivity index (χ1v) is 6.32. The molecule has 0 spiro atoms. The maximum atomic E-state index is 5.92. The zero-order valence-corrected chi connectivity index (χ0v) is 10.9. The lowest BCUT2D eigenvalue weighted by atomic mass is 10.1. The van der Waals surface area contributed by atoms with Crippen LogP contribution in [-0.4, -0.2) is 25.3 Å². The summed E-state index contributed by atoms with van der Waals surface area (Å²) in [7, 11) is 0. The fraction of sp³-hybridized carbons (Fsp3) is 0.571. The van der Waals surface area contributed by atoms with Crippen LogP contribution in [0.15, 0.2) is 24.3 Å². The highest BCUT2D eigenvalue weighted by atomic mass is 16.5. The number of benzene rings is 1. The average Bonchev–Trinajstić information content (AvgIpc) is 2.28. The molecule has 3 heteroatoms. The summed E-state index contributed by atoms with van der Waals surface area (Å²) in [5.74, 6) is 0. The largest absolute Gasteiger partial charge is 0.372 e. The quantitative estimate of drug-likeness (QED) is 0.853. The zero-order chi connectivity index (χ0) is 12.4. The Morgan fingerprint density at radius 2 is 1.94 bits per heavy atom. The van der Waals surface area contributed by atoms with Gasteiger partial charge in [-0.1, -0.05) is 12.1 Å².